The van der Waals surface area contributed by atoms with Crippen molar-refractivity contribution in [3.63, 3.8) is 0 Å². The van der Waals surface area contributed by atoms with Gasteiger partial charge in [0.2, 0.25) is 0 Å². The lowest BCUT2D eigenvalue weighted by Crippen LogP contribution is -2.43. The predicted molar refractivity (Wildman–Crippen MR) is 110 cm³/mol. The van der Waals surface area contributed by atoms with Crippen LogP contribution in [-0.4, -0.2) is 43.1 Å². The number of ketones is 1. The number of allylic oxidation sites excluding steroid dienone is 1. The molecule has 0 bridgehead atoms. The first-order valence-corrected chi connectivity index (χ1v) is 9.16. The predicted octanol–water partition coefficient (Wildman–Crippen LogP) is 2.51. The van der Waals surface area contributed by atoms with Crippen LogP contribution in [0.4, 0.5) is 5.69 Å². The molecule has 0 radical (unpaired) electrons. The van der Waals surface area contributed by atoms with Gasteiger partial charge in [-0.25, -0.2) is 5.48 Å². The van der Waals surface area contributed by atoms with Crippen LogP contribution >= 0.6 is 0 Å². The number of nitrogens with one attached hydrogen (secondary N) is 2. The fourth-order valence-electron chi connectivity index (χ4n) is 2.96. The van der Waals surface area contributed by atoms with E-state index < -0.39 is 5.91 Å². The number of hydrogen-bond donors (Lipinski definition) is 3. The quantitative estimate of drug-likeness (QED) is 0.312. The summed E-state index contributed by atoms with van der Waals surface area (Å²) >= 11 is 0. The van der Waals surface area contributed by atoms with Crippen LogP contribution in [0.5, 0.6) is 0 Å². The SMILES string of the molecule is O=C(C=Cc1ccc(C=CC(=O)c2ccc(N3CCNCC3)cc2)cc1)NO. The molecule has 6 nitrogen and oxygen atoms in total. The van der Waals surface area contributed by atoms with Crippen LogP contribution in [0.25, 0.3) is 12.2 Å². The van der Waals surface area contributed by atoms with Crippen molar-refractivity contribution < 1.29 is 14.8 Å². The van der Waals surface area contributed by atoms with E-state index in [1.54, 1.807) is 18.2 Å². The summed E-state index contributed by atoms with van der Waals surface area (Å²) in [6.45, 7) is 3.91. The maximum Gasteiger partial charge on any atom is 0.267 e. The van der Waals surface area contributed by atoms with Crippen LogP contribution in [0.2, 0.25) is 0 Å². The van der Waals surface area contributed by atoms with Gasteiger partial charge < -0.3 is 10.2 Å². The molecule has 1 saturated heterocycles. The van der Waals surface area contributed by atoms with Crippen LogP contribution in [0.1, 0.15) is 21.5 Å². The Labute approximate surface area is 164 Å². The molecule has 0 aromatic heterocycles. The topological polar surface area (TPSA) is 81.7 Å². The number of rotatable bonds is 6. The lowest BCUT2D eigenvalue weighted by molar-refractivity contribution is -0.124. The summed E-state index contributed by atoms with van der Waals surface area (Å²) in [5, 5.41) is 11.8. The highest BCUT2D eigenvalue weighted by molar-refractivity contribution is 6.07. The van der Waals surface area contributed by atoms with Crippen LogP contribution in [0, 0.1) is 0 Å². The van der Waals surface area contributed by atoms with Crippen molar-refractivity contribution in [3.8, 4) is 0 Å². The minimum atomic E-state index is -0.586. The van der Waals surface area contributed by atoms with Gasteiger partial charge in [-0.1, -0.05) is 30.3 Å². The number of amides is 1. The van der Waals surface area contributed by atoms with Crippen molar-refractivity contribution in [3.05, 3.63) is 77.4 Å². The van der Waals surface area contributed by atoms with Gasteiger partial charge in [0, 0.05) is 43.5 Å². The first kappa shape index (κ1) is 19.5. The summed E-state index contributed by atoms with van der Waals surface area (Å²) in [5.41, 5.74) is 5.03. The highest BCUT2D eigenvalue weighted by atomic mass is 16.5. The van der Waals surface area contributed by atoms with Gasteiger partial charge in [0.1, 0.15) is 0 Å². The molecule has 1 fully saturated rings. The molecule has 0 unspecified atom stereocenters. The Bertz CT molecular complexity index is 865. The summed E-state index contributed by atoms with van der Waals surface area (Å²) in [7, 11) is 0. The number of anilines is 1. The van der Waals surface area contributed by atoms with Crippen LogP contribution in [0.15, 0.2) is 60.7 Å². The summed E-state index contributed by atoms with van der Waals surface area (Å²) in [6.07, 6.45) is 6.15. The van der Waals surface area contributed by atoms with E-state index in [0.717, 1.165) is 43.0 Å². The zero-order chi connectivity index (χ0) is 19.8. The lowest BCUT2D eigenvalue weighted by Gasteiger charge is -2.29. The Morgan fingerprint density at radius 2 is 1.46 bits per heavy atom. The van der Waals surface area contributed by atoms with E-state index >= 15 is 0 Å². The van der Waals surface area contributed by atoms with E-state index in [4.69, 9.17) is 5.21 Å². The number of hydroxylamine groups is 1. The van der Waals surface area contributed by atoms with Crippen LogP contribution < -0.4 is 15.7 Å². The molecule has 3 N–H and O–H groups in total. The van der Waals surface area contributed by atoms with Gasteiger partial charge in [-0.05, 0) is 47.5 Å². The Kier molecular flexibility index (Phi) is 6.73. The number of carbonyl (C=O) groups is 2. The maximum absolute atomic E-state index is 12.4. The molecule has 6 heteroatoms. The van der Waals surface area contributed by atoms with E-state index in [1.165, 1.54) is 11.6 Å². The zero-order valence-electron chi connectivity index (χ0n) is 15.5. The first-order valence-electron chi connectivity index (χ1n) is 9.16. The fraction of sp³-hybridized carbons (Fsp3) is 0.182. The normalized spacial score (nSPS) is 14.5. The maximum atomic E-state index is 12.4. The second-order valence-corrected chi connectivity index (χ2v) is 6.46. The fourth-order valence-corrected chi connectivity index (χ4v) is 2.96. The number of carbonyl (C=O) groups excluding carboxylic acids is 2. The van der Waals surface area contributed by atoms with Crippen molar-refractivity contribution in [2.45, 2.75) is 0 Å². The molecular weight excluding hydrogens is 354 g/mol. The van der Waals surface area contributed by atoms with Crippen molar-refractivity contribution >= 4 is 29.5 Å². The highest BCUT2D eigenvalue weighted by Crippen LogP contribution is 2.17. The third-order valence-electron chi connectivity index (χ3n) is 4.53. The van der Waals surface area contributed by atoms with Gasteiger partial charge in [0.15, 0.2) is 5.78 Å². The van der Waals surface area contributed by atoms with Crippen LogP contribution in [-0.2, 0) is 4.79 Å². The molecule has 2 aromatic carbocycles. The van der Waals surface area contributed by atoms with E-state index in [2.05, 4.69) is 10.2 Å². The van der Waals surface area contributed by atoms with Crippen molar-refractivity contribution in [2.24, 2.45) is 0 Å². The molecule has 1 aliphatic heterocycles. The molecule has 3 rings (SSSR count). The summed E-state index contributed by atoms with van der Waals surface area (Å²) < 4.78 is 0. The van der Waals surface area contributed by atoms with Crippen molar-refractivity contribution in [1.82, 2.24) is 10.8 Å². The van der Waals surface area contributed by atoms with Gasteiger partial charge in [-0.2, -0.15) is 0 Å². The molecule has 0 aliphatic carbocycles. The smallest absolute Gasteiger partial charge is 0.267 e. The third-order valence-corrected chi connectivity index (χ3v) is 4.53. The molecule has 1 aliphatic rings. The molecule has 2 aromatic rings. The largest absolute Gasteiger partial charge is 0.369 e. The van der Waals surface area contributed by atoms with E-state index in [0.29, 0.717) is 5.56 Å². The minimum Gasteiger partial charge on any atom is -0.369 e. The summed E-state index contributed by atoms with van der Waals surface area (Å²) in [6, 6.07) is 15.1. The monoisotopic (exact) mass is 377 g/mol. The van der Waals surface area contributed by atoms with Gasteiger partial charge in [0.05, 0.1) is 0 Å². The number of piperazine rings is 1. The molecule has 0 saturated carbocycles. The number of hydrogen-bond acceptors (Lipinski definition) is 5. The molecule has 1 heterocycles. The summed E-state index contributed by atoms with van der Waals surface area (Å²) in [5.74, 6) is -0.631. The Morgan fingerprint density at radius 3 is 2.04 bits per heavy atom. The molecule has 1 amide bonds. The molecule has 0 spiro atoms. The third kappa shape index (κ3) is 5.39. The second-order valence-electron chi connectivity index (χ2n) is 6.46. The molecule has 0 atom stereocenters. The molecule has 144 valence electrons. The standard InChI is InChI=1S/C22H23N3O3/c26-21(19-7-9-20(10-8-19)25-15-13-23-14-16-25)11-5-17-1-3-18(4-2-17)6-12-22(27)24-28/h1-12,23,28H,13-16H2,(H,24,27). The minimum absolute atomic E-state index is 0.0459. The second kappa shape index (κ2) is 9.64. The lowest BCUT2D eigenvalue weighted by atomic mass is 10.1. The van der Waals surface area contributed by atoms with Crippen molar-refractivity contribution in [2.75, 3.05) is 31.1 Å². The van der Waals surface area contributed by atoms with E-state index in [1.807, 2.05) is 48.5 Å². The van der Waals surface area contributed by atoms with Crippen LogP contribution in [0.3, 0.4) is 0 Å². The zero-order valence-corrected chi connectivity index (χ0v) is 15.5. The van der Waals surface area contributed by atoms with Gasteiger partial charge >= 0.3 is 0 Å². The molecule has 28 heavy (non-hydrogen) atoms. The Morgan fingerprint density at radius 1 is 0.893 bits per heavy atom. The summed E-state index contributed by atoms with van der Waals surface area (Å²) in [4.78, 5) is 25.7. The van der Waals surface area contributed by atoms with Gasteiger partial charge in [-0.3, -0.25) is 14.8 Å². The average Bonchev–Trinajstić information content (AvgIpc) is 2.77. The Hall–Kier alpha value is -3.22. The number of benzene rings is 2. The number of nitrogens with zero attached hydrogens (tertiary/aromatic N) is 1. The van der Waals surface area contributed by atoms with E-state index in [-0.39, 0.29) is 5.78 Å². The first-order chi connectivity index (χ1) is 13.7. The van der Waals surface area contributed by atoms with Crippen molar-refractivity contribution in [1.29, 1.82) is 0 Å². The van der Waals surface area contributed by atoms with Gasteiger partial charge in [-0.15, -0.1) is 0 Å². The molecular formula is C22H23N3O3. The highest BCUT2D eigenvalue weighted by Gasteiger charge is 2.10. The Balaban J connectivity index is 1.60. The average molecular weight is 377 g/mol. The van der Waals surface area contributed by atoms with Gasteiger partial charge in [0.25, 0.3) is 5.91 Å². The van der Waals surface area contributed by atoms with E-state index in [9.17, 15) is 9.59 Å².